The van der Waals surface area contributed by atoms with Crippen LogP contribution in [0, 0.1) is 0 Å². The molecule has 0 aromatic rings. The molecule has 0 fully saturated rings. The Kier molecular flexibility index (Phi) is 19.6. The Morgan fingerprint density at radius 1 is 0.968 bits per heavy atom. The topological polar surface area (TPSA) is 93.1 Å². The van der Waals surface area contributed by atoms with Gasteiger partial charge < -0.3 is 19.7 Å². The number of hydrogen-bond donors (Lipinski definition) is 2. The summed E-state index contributed by atoms with van der Waals surface area (Å²) in [4.78, 5) is 22.4. The summed E-state index contributed by atoms with van der Waals surface area (Å²) in [7, 11) is 0. The second kappa shape index (κ2) is 21.1. The summed E-state index contributed by atoms with van der Waals surface area (Å²) < 4.78 is 9.78. The highest BCUT2D eigenvalue weighted by molar-refractivity contribution is 5.69. The van der Waals surface area contributed by atoms with Gasteiger partial charge in [-0.25, -0.2) is 0 Å². The van der Waals surface area contributed by atoms with Gasteiger partial charge >= 0.3 is 11.9 Å². The maximum Gasteiger partial charge on any atom is 0.306 e. The van der Waals surface area contributed by atoms with Crippen molar-refractivity contribution in [2.24, 2.45) is 0 Å². The van der Waals surface area contributed by atoms with E-state index in [0.29, 0.717) is 12.8 Å². The summed E-state index contributed by atoms with van der Waals surface area (Å²) >= 11 is 0. The molecule has 0 aliphatic heterocycles. The number of rotatable bonds is 18. The molecule has 0 aliphatic rings. The van der Waals surface area contributed by atoms with Crippen LogP contribution in [0.4, 0.5) is 0 Å². The first-order chi connectivity index (χ1) is 15.0. The Morgan fingerprint density at radius 3 is 2.42 bits per heavy atom. The first-order valence-corrected chi connectivity index (χ1v) is 11.2. The number of hydrogen-bond acceptors (Lipinski definition) is 6. The van der Waals surface area contributed by atoms with Crippen LogP contribution in [0.15, 0.2) is 48.6 Å². The SMILES string of the molecule is CCCCC/C=C\C=C/[C@H](O)C/C=C\C/C=C/CCCC(=O)O[C@@H](CO)COC(C)=O. The smallest absolute Gasteiger partial charge is 0.306 e. The average Bonchev–Trinajstić information content (AvgIpc) is 2.74. The first kappa shape index (κ1) is 28.8. The average molecular weight is 437 g/mol. The van der Waals surface area contributed by atoms with Crippen molar-refractivity contribution >= 4 is 11.9 Å². The summed E-state index contributed by atoms with van der Waals surface area (Å²) in [5.41, 5.74) is 0. The summed E-state index contributed by atoms with van der Waals surface area (Å²) in [6.45, 7) is 2.93. The van der Waals surface area contributed by atoms with Crippen LogP contribution in [0.3, 0.4) is 0 Å². The highest BCUT2D eigenvalue weighted by Gasteiger charge is 2.14. The van der Waals surface area contributed by atoms with Gasteiger partial charge in [0.1, 0.15) is 6.61 Å². The molecule has 0 unspecified atom stereocenters. The van der Waals surface area contributed by atoms with E-state index in [1.165, 1.54) is 26.2 Å². The standard InChI is InChI=1S/C25H40O6/c1-3-4-5-6-8-11-14-17-23(28)18-15-12-9-7-10-13-16-19-25(29)31-24(20-26)21-30-22(2)27/h7-8,10-12,14-15,17,23-24,26,28H,3-6,9,13,16,18-21H2,1-2H3/b10-7+,11-8-,15-12-,17-14-/t23-,24-/m0/s1. The summed E-state index contributed by atoms with van der Waals surface area (Å²) in [5, 5.41) is 19.0. The minimum absolute atomic E-state index is 0.135. The lowest BCUT2D eigenvalue weighted by Crippen LogP contribution is -2.28. The van der Waals surface area contributed by atoms with E-state index >= 15 is 0 Å². The molecule has 0 saturated heterocycles. The molecule has 0 bridgehead atoms. The molecule has 0 amide bonds. The van der Waals surface area contributed by atoms with Gasteiger partial charge in [-0.15, -0.1) is 0 Å². The van der Waals surface area contributed by atoms with E-state index < -0.39 is 24.1 Å². The molecule has 0 spiro atoms. The van der Waals surface area contributed by atoms with Gasteiger partial charge in [0.05, 0.1) is 12.7 Å². The van der Waals surface area contributed by atoms with E-state index in [1.807, 2.05) is 36.5 Å². The zero-order chi connectivity index (χ0) is 23.2. The number of carbonyl (C=O) groups is 2. The zero-order valence-electron chi connectivity index (χ0n) is 19.1. The van der Waals surface area contributed by atoms with Crippen LogP contribution in [0.1, 0.15) is 71.6 Å². The maximum absolute atomic E-state index is 11.7. The van der Waals surface area contributed by atoms with Crippen molar-refractivity contribution in [3.63, 3.8) is 0 Å². The monoisotopic (exact) mass is 436 g/mol. The van der Waals surface area contributed by atoms with E-state index in [9.17, 15) is 14.7 Å². The minimum Gasteiger partial charge on any atom is -0.462 e. The van der Waals surface area contributed by atoms with E-state index in [2.05, 4.69) is 13.0 Å². The number of esters is 2. The van der Waals surface area contributed by atoms with Gasteiger partial charge in [0.2, 0.25) is 0 Å². The Morgan fingerprint density at radius 2 is 1.71 bits per heavy atom. The molecule has 0 heterocycles. The van der Waals surface area contributed by atoms with Crippen molar-refractivity contribution < 1.29 is 29.3 Å². The molecule has 6 heteroatoms. The molecule has 2 N–H and O–H groups in total. The lowest BCUT2D eigenvalue weighted by molar-refractivity contribution is -0.160. The largest absolute Gasteiger partial charge is 0.462 e. The molecule has 6 nitrogen and oxygen atoms in total. The van der Waals surface area contributed by atoms with E-state index in [4.69, 9.17) is 14.6 Å². The summed E-state index contributed by atoms with van der Waals surface area (Å²) in [6.07, 6.45) is 22.3. The number of unbranched alkanes of at least 4 members (excludes halogenated alkanes) is 4. The molecule has 0 aromatic heterocycles. The number of ether oxygens (including phenoxy) is 2. The molecule has 0 aliphatic carbocycles. The van der Waals surface area contributed by atoms with Crippen molar-refractivity contribution in [1.82, 2.24) is 0 Å². The lowest BCUT2D eigenvalue weighted by Gasteiger charge is -2.14. The third-order valence-corrected chi connectivity index (χ3v) is 4.26. The van der Waals surface area contributed by atoms with Crippen molar-refractivity contribution in [3.8, 4) is 0 Å². The fourth-order valence-electron chi connectivity index (χ4n) is 2.53. The Hall–Kier alpha value is -2.18. The Balaban J connectivity index is 3.79. The molecule has 0 rings (SSSR count). The number of aliphatic hydroxyl groups excluding tert-OH is 2. The van der Waals surface area contributed by atoms with Crippen molar-refractivity contribution in [2.45, 2.75) is 83.8 Å². The van der Waals surface area contributed by atoms with Gasteiger partial charge in [-0.2, -0.15) is 0 Å². The van der Waals surface area contributed by atoms with Gasteiger partial charge in [0, 0.05) is 13.3 Å². The van der Waals surface area contributed by atoms with Gasteiger partial charge in [-0.05, 0) is 38.5 Å². The molecule has 0 aromatic carbocycles. The van der Waals surface area contributed by atoms with Crippen molar-refractivity contribution in [3.05, 3.63) is 48.6 Å². The number of carbonyl (C=O) groups excluding carboxylic acids is 2. The summed E-state index contributed by atoms with van der Waals surface area (Å²) in [6, 6.07) is 0. The second-order valence-corrected chi connectivity index (χ2v) is 7.28. The molecule has 0 radical (unpaired) electrons. The van der Waals surface area contributed by atoms with Crippen LogP contribution >= 0.6 is 0 Å². The third kappa shape index (κ3) is 20.9. The molecule has 0 saturated carbocycles. The first-order valence-electron chi connectivity index (χ1n) is 11.2. The molecule has 176 valence electrons. The normalized spacial score (nSPS) is 14.1. The number of allylic oxidation sites excluding steroid dienone is 6. The quantitative estimate of drug-likeness (QED) is 0.141. The minimum atomic E-state index is -0.816. The van der Waals surface area contributed by atoms with Crippen LogP contribution in [0.2, 0.25) is 0 Å². The van der Waals surface area contributed by atoms with Gasteiger partial charge in [-0.3, -0.25) is 9.59 Å². The highest BCUT2D eigenvalue weighted by Crippen LogP contribution is 2.04. The predicted octanol–water partition coefficient (Wildman–Crippen LogP) is 4.57. The van der Waals surface area contributed by atoms with Crippen LogP contribution in [0.5, 0.6) is 0 Å². The lowest BCUT2D eigenvalue weighted by atomic mass is 10.2. The van der Waals surface area contributed by atoms with Gasteiger partial charge in [-0.1, -0.05) is 68.4 Å². The molecule has 31 heavy (non-hydrogen) atoms. The summed E-state index contributed by atoms with van der Waals surface area (Å²) in [5.74, 6) is -0.901. The zero-order valence-corrected chi connectivity index (χ0v) is 19.1. The van der Waals surface area contributed by atoms with Crippen LogP contribution < -0.4 is 0 Å². The third-order valence-electron chi connectivity index (χ3n) is 4.26. The maximum atomic E-state index is 11.7. The van der Waals surface area contributed by atoms with Crippen molar-refractivity contribution in [1.29, 1.82) is 0 Å². The van der Waals surface area contributed by atoms with Gasteiger partial charge in [0.15, 0.2) is 6.10 Å². The Bertz CT molecular complexity index is 577. The molecular weight excluding hydrogens is 396 g/mol. The van der Waals surface area contributed by atoms with E-state index in [-0.39, 0.29) is 19.6 Å². The van der Waals surface area contributed by atoms with E-state index in [0.717, 1.165) is 19.3 Å². The Labute approximate surface area is 187 Å². The predicted molar refractivity (Wildman–Crippen MR) is 123 cm³/mol. The molecule has 2 atom stereocenters. The molecular formula is C25H40O6. The van der Waals surface area contributed by atoms with E-state index in [1.54, 1.807) is 6.08 Å². The highest BCUT2D eigenvalue weighted by atomic mass is 16.6. The second-order valence-electron chi connectivity index (χ2n) is 7.28. The van der Waals surface area contributed by atoms with Crippen LogP contribution in [-0.2, 0) is 19.1 Å². The fourth-order valence-corrected chi connectivity index (χ4v) is 2.53. The fraction of sp³-hybridized carbons (Fsp3) is 0.600. The van der Waals surface area contributed by atoms with Crippen LogP contribution in [0.25, 0.3) is 0 Å². The van der Waals surface area contributed by atoms with Crippen molar-refractivity contribution in [2.75, 3.05) is 13.2 Å². The number of aliphatic hydroxyl groups is 2. The van der Waals surface area contributed by atoms with Crippen LogP contribution in [-0.4, -0.2) is 47.6 Å². The van der Waals surface area contributed by atoms with Gasteiger partial charge in [0.25, 0.3) is 0 Å².